The van der Waals surface area contributed by atoms with Crippen molar-refractivity contribution < 1.29 is 14.0 Å². The molecule has 3 aromatic rings. The van der Waals surface area contributed by atoms with Crippen LogP contribution in [0.5, 0.6) is 0 Å². The Hall–Kier alpha value is -3.42. The van der Waals surface area contributed by atoms with E-state index in [9.17, 15) is 14.4 Å². The average molecular weight is 394 g/mol. The molecule has 2 aromatic heterocycles. The molecular weight excluding hydrogens is 372 g/mol. The normalized spacial score (nSPS) is 13.4. The monoisotopic (exact) mass is 394 g/mol. The highest BCUT2D eigenvalue weighted by atomic mass is 16.3. The van der Waals surface area contributed by atoms with Gasteiger partial charge in [0.05, 0.1) is 30.3 Å². The van der Waals surface area contributed by atoms with Crippen LogP contribution in [0.25, 0.3) is 10.9 Å². The second-order valence-corrected chi connectivity index (χ2v) is 7.08. The molecular formula is C21H22N4O4. The molecule has 8 heteroatoms. The minimum atomic E-state index is -0.298. The Morgan fingerprint density at radius 3 is 2.69 bits per heavy atom. The largest absolute Gasteiger partial charge is 0.467 e. The summed E-state index contributed by atoms with van der Waals surface area (Å²) in [7, 11) is 0. The van der Waals surface area contributed by atoms with Gasteiger partial charge in [0.2, 0.25) is 11.8 Å². The van der Waals surface area contributed by atoms with Gasteiger partial charge in [0, 0.05) is 18.9 Å². The molecule has 1 aliphatic carbocycles. The minimum Gasteiger partial charge on any atom is -0.467 e. The van der Waals surface area contributed by atoms with E-state index in [2.05, 4.69) is 15.6 Å². The van der Waals surface area contributed by atoms with Gasteiger partial charge in [0.25, 0.3) is 5.56 Å². The predicted octanol–water partition coefficient (Wildman–Crippen LogP) is 1.69. The summed E-state index contributed by atoms with van der Waals surface area (Å²) in [5.41, 5.74) is 0.591. The number of benzene rings is 1. The molecule has 1 saturated carbocycles. The maximum Gasteiger partial charge on any atom is 0.261 e. The molecule has 1 aliphatic rings. The highest BCUT2D eigenvalue weighted by Gasteiger charge is 2.28. The van der Waals surface area contributed by atoms with Gasteiger partial charge in [0.1, 0.15) is 11.6 Å². The van der Waals surface area contributed by atoms with E-state index in [0.29, 0.717) is 28.9 Å². The van der Waals surface area contributed by atoms with Crippen molar-refractivity contribution in [2.24, 2.45) is 0 Å². The van der Waals surface area contributed by atoms with Gasteiger partial charge in [-0.25, -0.2) is 4.98 Å². The molecule has 1 fully saturated rings. The van der Waals surface area contributed by atoms with Crippen molar-refractivity contribution in [3.8, 4) is 0 Å². The van der Waals surface area contributed by atoms with E-state index < -0.39 is 0 Å². The molecule has 0 spiro atoms. The van der Waals surface area contributed by atoms with Gasteiger partial charge in [-0.05, 0) is 37.1 Å². The second kappa shape index (κ2) is 8.30. The molecule has 2 heterocycles. The Bertz CT molecular complexity index is 1080. The number of hydrogen-bond donors (Lipinski definition) is 2. The van der Waals surface area contributed by atoms with Gasteiger partial charge in [-0.15, -0.1) is 0 Å². The van der Waals surface area contributed by atoms with Crippen LogP contribution in [0, 0.1) is 0 Å². The van der Waals surface area contributed by atoms with Crippen molar-refractivity contribution in [1.29, 1.82) is 0 Å². The zero-order valence-corrected chi connectivity index (χ0v) is 15.9. The Morgan fingerprint density at radius 1 is 1.10 bits per heavy atom. The summed E-state index contributed by atoms with van der Waals surface area (Å²) in [5.74, 6) is 0.704. The van der Waals surface area contributed by atoms with Gasteiger partial charge in [-0.1, -0.05) is 12.1 Å². The number of nitrogens with zero attached hydrogens (tertiary/aromatic N) is 2. The second-order valence-electron chi connectivity index (χ2n) is 7.08. The molecule has 29 heavy (non-hydrogen) atoms. The van der Waals surface area contributed by atoms with Crippen LogP contribution in [0.15, 0.2) is 51.9 Å². The smallest absolute Gasteiger partial charge is 0.261 e. The summed E-state index contributed by atoms with van der Waals surface area (Å²) in [6.07, 6.45) is 3.94. The van der Waals surface area contributed by atoms with E-state index in [1.165, 1.54) is 6.26 Å². The third-order valence-corrected chi connectivity index (χ3v) is 4.85. The van der Waals surface area contributed by atoms with Gasteiger partial charge in [-0.3, -0.25) is 19.0 Å². The average Bonchev–Trinajstić information content (AvgIpc) is 3.42. The van der Waals surface area contributed by atoms with Gasteiger partial charge in [-0.2, -0.15) is 0 Å². The summed E-state index contributed by atoms with van der Waals surface area (Å²) < 4.78 is 6.86. The fraction of sp³-hybridized carbons (Fsp3) is 0.333. The lowest BCUT2D eigenvalue weighted by Gasteiger charge is -2.13. The number of carbonyl (C=O) groups is 2. The molecule has 150 valence electrons. The van der Waals surface area contributed by atoms with E-state index in [0.717, 1.165) is 12.8 Å². The number of amides is 2. The summed E-state index contributed by atoms with van der Waals surface area (Å²) in [5, 5.41) is 5.87. The Balaban J connectivity index is 1.34. The number of nitrogens with one attached hydrogen (secondary N) is 2. The number of hydrogen-bond acceptors (Lipinski definition) is 5. The number of aromatic nitrogens is 2. The third kappa shape index (κ3) is 4.53. The summed E-state index contributed by atoms with van der Waals surface area (Å²) in [6, 6.07) is 10.9. The topological polar surface area (TPSA) is 106 Å². The van der Waals surface area contributed by atoms with Crippen molar-refractivity contribution >= 4 is 22.7 Å². The highest BCUT2D eigenvalue weighted by molar-refractivity contribution is 5.84. The van der Waals surface area contributed by atoms with Crippen LogP contribution >= 0.6 is 0 Å². The summed E-state index contributed by atoms with van der Waals surface area (Å²) in [4.78, 5) is 41.4. The Kier molecular flexibility index (Phi) is 5.41. The molecule has 2 N–H and O–H groups in total. The molecule has 8 nitrogen and oxygen atoms in total. The zero-order valence-electron chi connectivity index (χ0n) is 15.9. The first-order valence-corrected chi connectivity index (χ1v) is 9.68. The van der Waals surface area contributed by atoms with Gasteiger partial charge >= 0.3 is 0 Å². The SMILES string of the molecule is O=C(CCc1nc2ccccc2c(=O)n1C1CC1)NCC(=O)NCc1ccco1. The standard InChI is InChI=1S/C21H22N4O4/c26-19(23-13-20(27)22-12-15-4-3-11-29-15)10-9-18-24-17-6-2-1-5-16(17)21(28)25(18)14-7-8-14/h1-6,11,14H,7-10,12-13H2,(H,22,27)(H,23,26). The fourth-order valence-electron chi connectivity index (χ4n) is 3.23. The van der Waals surface area contributed by atoms with Crippen molar-refractivity contribution in [2.75, 3.05) is 6.54 Å². The van der Waals surface area contributed by atoms with Crippen LogP contribution in [0.4, 0.5) is 0 Å². The van der Waals surface area contributed by atoms with E-state index >= 15 is 0 Å². The van der Waals surface area contributed by atoms with Crippen molar-refractivity contribution in [3.05, 3.63) is 64.6 Å². The number of furan rings is 1. The molecule has 0 radical (unpaired) electrons. The molecule has 0 saturated heterocycles. The van der Waals surface area contributed by atoms with Crippen LogP contribution < -0.4 is 16.2 Å². The van der Waals surface area contributed by atoms with Crippen molar-refractivity contribution in [3.63, 3.8) is 0 Å². The molecule has 0 bridgehead atoms. The number of carbonyl (C=O) groups excluding carboxylic acids is 2. The number of aryl methyl sites for hydroxylation is 1. The highest BCUT2D eigenvalue weighted by Crippen LogP contribution is 2.34. The lowest BCUT2D eigenvalue weighted by molar-refractivity contribution is -0.126. The number of rotatable bonds is 8. The maximum absolute atomic E-state index is 12.8. The predicted molar refractivity (Wildman–Crippen MR) is 106 cm³/mol. The molecule has 1 aromatic carbocycles. The van der Waals surface area contributed by atoms with E-state index in [4.69, 9.17) is 4.42 Å². The zero-order chi connectivity index (χ0) is 20.2. The van der Waals surface area contributed by atoms with E-state index in [-0.39, 0.29) is 42.9 Å². The Labute approximate surface area is 166 Å². The van der Waals surface area contributed by atoms with Gasteiger partial charge in [0.15, 0.2) is 0 Å². The summed E-state index contributed by atoms with van der Waals surface area (Å²) in [6.45, 7) is 0.163. The first-order chi connectivity index (χ1) is 14.1. The molecule has 0 atom stereocenters. The molecule has 0 unspecified atom stereocenters. The molecule has 0 aliphatic heterocycles. The third-order valence-electron chi connectivity index (χ3n) is 4.85. The first kappa shape index (κ1) is 18.9. The van der Waals surface area contributed by atoms with E-state index in [1.807, 2.05) is 12.1 Å². The van der Waals surface area contributed by atoms with Crippen molar-refractivity contribution in [1.82, 2.24) is 20.2 Å². The minimum absolute atomic E-state index is 0.0502. The number of fused-ring (bicyclic) bond motifs is 1. The quantitative estimate of drug-likeness (QED) is 0.605. The summed E-state index contributed by atoms with van der Waals surface area (Å²) >= 11 is 0. The Morgan fingerprint density at radius 2 is 1.93 bits per heavy atom. The van der Waals surface area contributed by atoms with Crippen LogP contribution in [0.1, 0.15) is 36.9 Å². The lowest BCUT2D eigenvalue weighted by Crippen LogP contribution is -2.36. The van der Waals surface area contributed by atoms with Gasteiger partial charge < -0.3 is 15.1 Å². The number of para-hydroxylation sites is 1. The van der Waals surface area contributed by atoms with Crippen LogP contribution in [0.2, 0.25) is 0 Å². The van der Waals surface area contributed by atoms with Crippen LogP contribution in [0.3, 0.4) is 0 Å². The van der Waals surface area contributed by atoms with Crippen LogP contribution in [-0.4, -0.2) is 27.9 Å². The lowest BCUT2D eigenvalue weighted by atomic mass is 10.2. The maximum atomic E-state index is 12.8. The van der Waals surface area contributed by atoms with Crippen molar-refractivity contribution in [2.45, 2.75) is 38.3 Å². The van der Waals surface area contributed by atoms with Crippen LogP contribution in [-0.2, 0) is 22.6 Å². The fourth-order valence-corrected chi connectivity index (χ4v) is 3.23. The molecule has 4 rings (SSSR count). The first-order valence-electron chi connectivity index (χ1n) is 9.68. The molecule has 2 amide bonds. The van der Waals surface area contributed by atoms with E-state index in [1.54, 1.807) is 28.8 Å².